The smallest absolute Gasteiger partial charge is 0.326 e. The maximum atomic E-state index is 10.7. The third-order valence-corrected chi connectivity index (χ3v) is 1.56. The summed E-state index contributed by atoms with van der Waals surface area (Å²) in [6, 6.07) is -1.12. The molecule has 1 rings (SSSR count). The van der Waals surface area contributed by atoms with Gasteiger partial charge in [-0.2, -0.15) is 0 Å². The summed E-state index contributed by atoms with van der Waals surface area (Å²) in [4.78, 5) is 21.1. The number of urea groups is 1. The van der Waals surface area contributed by atoms with E-state index < -0.39 is 18.0 Å². The summed E-state index contributed by atoms with van der Waals surface area (Å²) in [5.74, 6) is -0.970. The number of rotatable bonds is 1. The molecule has 1 aliphatic rings. The van der Waals surface area contributed by atoms with Gasteiger partial charge in [-0.1, -0.05) is 0 Å². The Morgan fingerprint density at radius 1 is 1.64 bits per heavy atom. The second-order valence-corrected chi connectivity index (χ2v) is 2.43. The van der Waals surface area contributed by atoms with Crippen LogP contribution in [0.15, 0.2) is 0 Å². The molecule has 0 bridgehead atoms. The minimum atomic E-state index is -0.970. The van der Waals surface area contributed by atoms with E-state index in [0.29, 0.717) is 19.4 Å². The Hall–Kier alpha value is -1.26. The van der Waals surface area contributed by atoms with Gasteiger partial charge in [0.25, 0.3) is 0 Å². The second-order valence-electron chi connectivity index (χ2n) is 2.43. The van der Waals surface area contributed by atoms with Crippen molar-refractivity contribution in [2.24, 2.45) is 0 Å². The number of carboxylic acids is 1. The first-order valence-electron chi connectivity index (χ1n) is 3.47. The van der Waals surface area contributed by atoms with Gasteiger partial charge < -0.3 is 15.7 Å². The molecule has 3 N–H and O–H groups in total. The largest absolute Gasteiger partial charge is 0.480 e. The van der Waals surface area contributed by atoms with Gasteiger partial charge in [0, 0.05) is 6.54 Å². The maximum absolute atomic E-state index is 10.7. The van der Waals surface area contributed by atoms with E-state index in [-0.39, 0.29) is 0 Å². The number of amides is 2. The monoisotopic (exact) mass is 158 g/mol. The van der Waals surface area contributed by atoms with E-state index in [2.05, 4.69) is 10.6 Å². The zero-order chi connectivity index (χ0) is 8.27. The van der Waals surface area contributed by atoms with E-state index in [1.165, 1.54) is 0 Å². The van der Waals surface area contributed by atoms with Crippen molar-refractivity contribution in [2.45, 2.75) is 18.9 Å². The summed E-state index contributed by atoms with van der Waals surface area (Å²) in [5.41, 5.74) is 0. The fourth-order valence-corrected chi connectivity index (χ4v) is 0.975. The quantitative estimate of drug-likeness (QED) is 0.483. The van der Waals surface area contributed by atoms with Crippen LogP contribution in [0.1, 0.15) is 12.8 Å². The van der Waals surface area contributed by atoms with Crippen molar-refractivity contribution in [1.82, 2.24) is 10.6 Å². The predicted octanol–water partition coefficient (Wildman–Crippen LogP) is -0.467. The molecule has 1 atom stereocenters. The van der Waals surface area contributed by atoms with E-state index in [1.807, 2.05) is 0 Å². The third-order valence-electron chi connectivity index (χ3n) is 1.56. The van der Waals surface area contributed by atoms with Crippen LogP contribution in [-0.2, 0) is 4.79 Å². The Balaban J connectivity index is 2.52. The maximum Gasteiger partial charge on any atom is 0.326 e. The minimum Gasteiger partial charge on any atom is -0.480 e. The van der Waals surface area contributed by atoms with E-state index in [4.69, 9.17) is 5.11 Å². The van der Waals surface area contributed by atoms with E-state index >= 15 is 0 Å². The van der Waals surface area contributed by atoms with Gasteiger partial charge in [0.1, 0.15) is 6.04 Å². The Kier molecular flexibility index (Phi) is 2.30. The molecule has 5 nitrogen and oxygen atoms in total. The molecule has 1 saturated heterocycles. The Morgan fingerprint density at radius 2 is 2.36 bits per heavy atom. The molecule has 5 heteroatoms. The first-order chi connectivity index (χ1) is 5.20. The molecule has 0 saturated carbocycles. The fraction of sp³-hybridized carbons (Fsp3) is 0.667. The summed E-state index contributed by atoms with van der Waals surface area (Å²) in [7, 11) is 0. The van der Waals surface area contributed by atoms with Gasteiger partial charge >= 0.3 is 12.0 Å². The van der Waals surface area contributed by atoms with Crippen LogP contribution >= 0.6 is 0 Å². The number of nitrogens with one attached hydrogen (secondary N) is 2. The van der Waals surface area contributed by atoms with Gasteiger partial charge in [-0.3, -0.25) is 0 Å². The average molecular weight is 158 g/mol. The summed E-state index contributed by atoms with van der Waals surface area (Å²) >= 11 is 0. The number of carboxylic acid groups (broad SMARTS) is 1. The molecule has 0 radical (unpaired) electrons. The Labute approximate surface area is 63.8 Å². The van der Waals surface area contributed by atoms with Gasteiger partial charge in [0.05, 0.1) is 0 Å². The van der Waals surface area contributed by atoms with Crippen molar-refractivity contribution >= 4 is 12.0 Å². The molecule has 0 aromatic heterocycles. The fourth-order valence-electron chi connectivity index (χ4n) is 0.975. The van der Waals surface area contributed by atoms with Gasteiger partial charge in [-0.15, -0.1) is 0 Å². The highest BCUT2D eigenvalue weighted by Gasteiger charge is 2.21. The number of aliphatic carboxylic acids is 1. The zero-order valence-electron chi connectivity index (χ0n) is 5.96. The van der Waals surface area contributed by atoms with E-state index in [9.17, 15) is 9.59 Å². The minimum absolute atomic E-state index is 0.394. The lowest BCUT2D eigenvalue weighted by atomic mass is 10.2. The Morgan fingerprint density at radius 3 is 3.00 bits per heavy atom. The highest BCUT2D eigenvalue weighted by atomic mass is 16.4. The van der Waals surface area contributed by atoms with Crippen molar-refractivity contribution in [3.8, 4) is 0 Å². The van der Waals surface area contributed by atoms with Crippen LogP contribution in [0.5, 0.6) is 0 Å². The van der Waals surface area contributed by atoms with Gasteiger partial charge in [0.15, 0.2) is 0 Å². The molecular formula is C6H10N2O3. The molecule has 0 spiro atoms. The first kappa shape index (κ1) is 7.84. The van der Waals surface area contributed by atoms with Crippen molar-refractivity contribution in [3.05, 3.63) is 0 Å². The lowest BCUT2D eigenvalue weighted by Gasteiger charge is -2.08. The normalized spacial score (nSPS) is 24.7. The summed E-state index contributed by atoms with van der Waals surface area (Å²) in [6.07, 6.45) is 1.20. The summed E-state index contributed by atoms with van der Waals surface area (Å²) in [5, 5.41) is 13.4. The van der Waals surface area contributed by atoms with Gasteiger partial charge in [-0.25, -0.2) is 9.59 Å². The molecule has 1 aliphatic heterocycles. The van der Waals surface area contributed by atoms with Crippen LogP contribution in [0.4, 0.5) is 4.79 Å². The molecule has 0 aliphatic carbocycles. The predicted molar refractivity (Wildman–Crippen MR) is 37.2 cm³/mol. The highest BCUT2D eigenvalue weighted by molar-refractivity contribution is 5.82. The van der Waals surface area contributed by atoms with Gasteiger partial charge in [-0.05, 0) is 12.8 Å². The molecular weight excluding hydrogens is 148 g/mol. The molecule has 1 fully saturated rings. The molecule has 1 unspecified atom stereocenters. The van der Waals surface area contributed by atoms with E-state index in [0.717, 1.165) is 0 Å². The van der Waals surface area contributed by atoms with Gasteiger partial charge in [0.2, 0.25) is 0 Å². The second kappa shape index (κ2) is 3.23. The van der Waals surface area contributed by atoms with Crippen LogP contribution in [0.2, 0.25) is 0 Å². The first-order valence-corrected chi connectivity index (χ1v) is 3.47. The van der Waals surface area contributed by atoms with Crippen molar-refractivity contribution in [1.29, 1.82) is 0 Å². The number of carbonyl (C=O) groups is 2. The number of hydrogen-bond acceptors (Lipinski definition) is 2. The molecule has 62 valence electrons. The molecule has 0 aromatic rings. The number of carbonyl (C=O) groups excluding carboxylic acids is 1. The van der Waals surface area contributed by atoms with Crippen molar-refractivity contribution in [3.63, 3.8) is 0 Å². The Bertz CT molecular complexity index is 181. The molecule has 11 heavy (non-hydrogen) atoms. The SMILES string of the molecule is O=C1NCCCC(C(=O)O)N1. The average Bonchev–Trinajstić information content (AvgIpc) is 2.13. The van der Waals surface area contributed by atoms with Crippen LogP contribution in [0.25, 0.3) is 0 Å². The molecule has 1 heterocycles. The topological polar surface area (TPSA) is 78.4 Å². The highest BCUT2D eigenvalue weighted by Crippen LogP contribution is 1.99. The van der Waals surface area contributed by atoms with Crippen LogP contribution in [0, 0.1) is 0 Å². The van der Waals surface area contributed by atoms with Crippen LogP contribution in [0.3, 0.4) is 0 Å². The standard InChI is InChI=1S/C6H10N2O3/c9-5(10)4-2-1-3-7-6(11)8-4/h4H,1-3H2,(H,9,10)(H2,7,8,11). The molecule has 2 amide bonds. The number of hydrogen-bond donors (Lipinski definition) is 3. The molecule has 0 aromatic carbocycles. The van der Waals surface area contributed by atoms with Crippen LogP contribution < -0.4 is 10.6 Å². The zero-order valence-corrected chi connectivity index (χ0v) is 5.96. The summed E-state index contributed by atoms with van der Waals surface area (Å²) < 4.78 is 0. The van der Waals surface area contributed by atoms with Crippen LogP contribution in [-0.4, -0.2) is 29.7 Å². The lowest BCUT2D eigenvalue weighted by molar-refractivity contribution is -0.139. The van der Waals surface area contributed by atoms with E-state index in [1.54, 1.807) is 0 Å². The summed E-state index contributed by atoms with van der Waals surface area (Å²) in [6.45, 7) is 0.551. The van der Waals surface area contributed by atoms with Crippen molar-refractivity contribution < 1.29 is 14.7 Å². The lowest BCUT2D eigenvalue weighted by Crippen LogP contribution is -2.42. The third kappa shape index (κ3) is 2.10. The van der Waals surface area contributed by atoms with Crippen molar-refractivity contribution in [2.75, 3.05) is 6.54 Å².